The van der Waals surface area contributed by atoms with E-state index in [2.05, 4.69) is 55.3 Å². The van der Waals surface area contributed by atoms with Gasteiger partial charge in [0.2, 0.25) is 0 Å². The number of anilines is 1. The molecule has 2 unspecified atom stereocenters. The molecule has 2 rings (SSSR count). The van der Waals surface area contributed by atoms with Crippen molar-refractivity contribution in [3.63, 3.8) is 0 Å². The summed E-state index contributed by atoms with van der Waals surface area (Å²) in [5, 5.41) is 3.58. The van der Waals surface area contributed by atoms with E-state index >= 15 is 0 Å². The lowest BCUT2D eigenvalue weighted by atomic mass is 10.0. The third kappa shape index (κ3) is 3.73. The Labute approximate surface area is 118 Å². The molecule has 19 heavy (non-hydrogen) atoms. The second-order valence-electron chi connectivity index (χ2n) is 5.79. The second-order valence-corrected chi connectivity index (χ2v) is 5.79. The Bertz CT molecular complexity index is 371. The molecule has 2 atom stereocenters. The van der Waals surface area contributed by atoms with Crippen LogP contribution < -0.4 is 10.2 Å². The molecule has 0 radical (unpaired) electrons. The highest BCUT2D eigenvalue weighted by molar-refractivity contribution is 5.49. The van der Waals surface area contributed by atoms with E-state index in [0.29, 0.717) is 12.1 Å². The summed E-state index contributed by atoms with van der Waals surface area (Å²) >= 11 is 0. The van der Waals surface area contributed by atoms with E-state index in [-0.39, 0.29) is 0 Å². The molecule has 1 N–H and O–H groups in total. The minimum Gasteiger partial charge on any atom is -0.366 e. The topological polar surface area (TPSA) is 15.3 Å². The zero-order valence-electron chi connectivity index (χ0n) is 12.7. The molecule has 0 spiro atoms. The Morgan fingerprint density at radius 3 is 2.58 bits per heavy atom. The van der Waals surface area contributed by atoms with Gasteiger partial charge in [0.1, 0.15) is 0 Å². The van der Waals surface area contributed by atoms with Gasteiger partial charge in [0, 0.05) is 30.9 Å². The summed E-state index contributed by atoms with van der Waals surface area (Å²) in [4.78, 5) is 2.57. The number of aryl methyl sites for hydroxylation is 1. The Hall–Kier alpha value is -1.02. The van der Waals surface area contributed by atoms with Crippen molar-refractivity contribution in [2.75, 3.05) is 18.0 Å². The third-order valence-electron chi connectivity index (χ3n) is 4.17. The van der Waals surface area contributed by atoms with Gasteiger partial charge in [-0.05, 0) is 43.9 Å². The quantitative estimate of drug-likeness (QED) is 0.870. The molecular formula is C17H28N2. The fraction of sp³-hybridized carbons (Fsp3) is 0.647. The molecule has 2 heteroatoms. The van der Waals surface area contributed by atoms with Crippen LogP contribution in [0, 0.1) is 0 Å². The van der Waals surface area contributed by atoms with Gasteiger partial charge in [0.15, 0.2) is 0 Å². The lowest BCUT2D eigenvalue weighted by Crippen LogP contribution is -2.55. The minimum atomic E-state index is 0.586. The third-order valence-corrected chi connectivity index (χ3v) is 4.17. The van der Waals surface area contributed by atoms with Crippen LogP contribution in [-0.4, -0.2) is 25.2 Å². The van der Waals surface area contributed by atoms with E-state index < -0.39 is 0 Å². The minimum absolute atomic E-state index is 0.586. The SMILES string of the molecule is CCCCc1ccc(N2CC(C)NCC2CC)cc1. The van der Waals surface area contributed by atoms with Crippen LogP contribution in [0.3, 0.4) is 0 Å². The number of nitrogens with one attached hydrogen (secondary N) is 1. The van der Waals surface area contributed by atoms with Crippen molar-refractivity contribution in [2.24, 2.45) is 0 Å². The monoisotopic (exact) mass is 260 g/mol. The Morgan fingerprint density at radius 2 is 1.95 bits per heavy atom. The van der Waals surface area contributed by atoms with Gasteiger partial charge in [-0.3, -0.25) is 0 Å². The summed E-state index contributed by atoms with van der Waals surface area (Å²) in [5.41, 5.74) is 2.86. The zero-order chi connectivity index (χ0) is 13.7. The van der Waals surface area contributed by atoms with E-state index in [9.17, 15) is 0 Å². The number of hydrogen-bond donors (Lipinski definition) is 1. The van der Waals surface area contributed by atoms with Crippen LogP contribution in [0.2, 0.25) is 0 Å². The molecule has 106 valence electrons. The number of nitrogens with zero attached hydrogens (tertiary/aromatic N) is 1. The van der Waals surface area contributed by atoms with Crippen molar-refractivity contribution in [2.45, 2.75) is 58.5 Å². The fourth-order valence-corrected chi connectivity index (χ4v) is 2.87. The smallest absolute Gasteiger partial charge is 0.0412 e. The highest BCUT2D eigenvalue weighted by atomic mass is 15.2. The Balaban J connectivity index is 2.06. The molecule has 2 nitrogen and oxygen atoms in total. The molecule has 1 aliphatic heterocycles. The van der Waals surface area contributed by atoms with Crippen LogP contribution >= 0.6 is 0 Å². The van der Waals surface area contributed by atoms with Crippen molar-refractivity contribution in [1.82, 2.24) is 5.32 Å². The average molecular weight is 260 g/mol. The lowest BCUT2D eigenvalue weighted by molar-refractivity contribution is 0.402. The van der Waals surface area contributed by atoms with E-state index in [4.69, 9.17) is 0 Å². The van der Waals surface area contributed by atoms with Crippen LogP contribution in [0.5, 0.6) is 0 Å². The van der Waals surface area contributed by atoms with Crippen LogP contribution in [-0.2, 0) is 6.42 Å². The molecular weight excluding hydrogens is 232 g/mol. The van der Waals surface area contributed by atoms with Gasteiger partial charge >= 0.3 is 0 Å². The first-order chi connectivity index (χ1) is 9.24. The van der Waals surface area contributed by atoms with Gasteiger partial charge in [0.05, 0.1) is 0 Å². The molecule has 1 aromatic rings. The van der Waals surface area contributed by atoms with E-state index in [1.165, 1.54) is 36.9 Å². The van der Waals surface area contributed by atoms with E-state index in [0.717, 1.165) is 13.1 Å². The van der Waals surface area contributed by atoms with Crippen LogP contribution in [0.15, 0.2) is 24.3 Å². The first kappa shape index (κ1) is 14.4. The van der Waals surface area contributed by atoms with Gasteiger partial charge in [-0.25, -0.2) is 0 Å². The Morgan fingerprint density at radius 1 is 1.21 bits per heavy atom. The summed E-state index contributed by atoms with van der Waals surface area (Å²) in [6.07, 6.45) is 4.99. The van der Waals surface area contributed by atoms with Gasteiger partial charge in [-0.1, -0.05) is 32.4 Å². The predicted octanol–water partition coefficient (Wildman–Crippen LogP) is 3.61. The van der Waals surface area contributed by atoms with Gasteiger partial charge in [-0.2, -0.15) is 0 Å². The van der Waals surface area contributed by atoms with Crippen molar-refractivity contribution in [1.29, 1.82) is 0 Å². The van der Waals surface area contributed by atoms with Crippen LogP contribution in [0.25, 0.3) is 0 Å². The zero-order valence-corrected chi connectivity index (χ0v) is 12.7. The summed E-state index contributed by atoms with van der Waals surface area (Å²) in [6.45, 7) is 9.03. The van der Waals surface area contributed by atoms with Crippen molar-refractivity contribution >= 4 is 5.69 Å². The molecule has 0 amide bonds. The molecule has 1 aromatic carbocycles. The molecule has 1 aliphatic rings. The van der Waals surface area contributed by atoms with Gasteiger partial charge in [0.25, 0.3) is 0 Å². The number of benzene rings is 1. The van der Waals surface area contributed by atoms with E-state index in [1.54, 1.807) is 0 Å². The van der Waals surface area contributed by atoms with Crippen molar-refractivity contribution in [3.8, 4) is 0 Å². The number of hydrogen-bond acceptors (Lipinski definition) is 2. The predicted molar refractivity (Wildman–Crippen MR) is 83.9 cm³/mol. The maximum atomic E-state index is 3.58. The highest BCUT2D eigenvalue weighted by Gasteiger charge is 2.24. The maximum absolute atomic E-state index is 3.58. The lowest BCUT2D eigenvalue weighted by Gasteiger charge is -2.40. The summed E-state index contributed by atoms with van der Waals surface area (Å²) in [5.74, 6) is 0. The molecule has 0 saturated carbocycles. The molecule has 0 aliphatic carbocycles. The number of unbranched alkanes of at least 4 members (excludes halogenated alkanes) is 1. The summed E-state index contributed by atoms with van der Waals surface area (Å²) < 4.78 is 0. The van der Waals surface area contributed by atoms with Gasteiger partial charge in [-0.15, -0.1) is 0 Å². The fourth-order valence-electron chi connectivity index (χ4n) is 2.87. The molecule has 1 fully saturated rings. The number of piperazine rings is 1. The van der Waals surface area contributed by atoms with Crippen molar-refractivity contribution in [3.05, 3.63) is 29.8 Å². The summed E-state index contributed by atoms with van der Waals surface area (Å²) in [6, 6.07) is 10.5. The standard InChI is InChI=1S/C17H28N2/c1-4-6-7-15-8-10-17(11-9-15)19-13-14(3)18-12-16(19)5-2/h8-11,14,16,18H,4-7,12-13H2,1-3H3. The first-order valence-corrected chi connectivity index (χ1v) is 7.83. The normalized spacial score (nSPS) is 23.6. The van der Waals surface area contributed by atoms with Crippen LogP contribution in [0.1, 0.15) is 45.6 Å². The molecule has 0 aromatic heterocycles. The highest BCUT2D eigenvalue weighted by Crippen LogP contribution is 2.22. The Kier molecular flexibility index (Phi) is 5.26. The molecule has 0 bridgehead atoms. The summed E-state index contributed by atoms with van der Waals surface area (Å²) in [7, 11) is 0. The molecule has 1 heterocycles. The largest absolute Gasteiger partial charge is 0.366 e. The van der Waals surface area contributed by atoms with Gasteiger partial charge < -0.3 is 10.2 Å². The van der Waals surface area contributed by atoms with E-state index in [1.807, 2.05) is 0 Å². The maximum Gasteiger partial charge on any atom is 0.0412 e. The molecule has 1 saturated heterocycles. The first-order valence-electron chi connectivity index (χ1n) is 7.83. The van der Waals surface area contributed by atoms with Crippen LogP contribution in [0.4, 0.5) is 5.69 Å². The number of rotatable bonds is 5. The average Bonchev–Trinajstić information content (AvgIpc) is 2.45. The van der Waals surface area contributed by atoms with Crippen molar-refractivity contribution < 1.29 is 0 Å². The second kappa shape index (κ2) is 6.95.